The zero-order valence-electron chi connectivity index (χ0n) is 11.4. The highest BCUT2D eigenvalue weighted by atomic mass is 32.2. The van der Waals surface area contributed by atoms with E-state index in [1.807, 2.05) is 13.0 Å². The fourth-order valence-electron chi connectivity index (χ4n) is 1.94. The molecule has 0 aromatic rings. The van der Waals surface area contributed by atoms with Crippen LogP contribution in [0.4, 0.5) is 0 Å². The number of rotatable bonds is 5. The normalized spacial score (nSPS) is 17.5. The summed E-state index contributed by atoms with van der Waals surface area (Å²) < 4.78 is 24.1. The Balaban J connectivity index is 2.47. The highest BCUT2D eigenvalue weighted by Crippen LogP contribution is 2.06. The number of nitrogens with zero attached hydrogens (tertiary/aromatic N) is 4. The molecule has 8 heteroatoms. The first-order chi connectivity index (χ1) is 8.88. The summed E-state index contributed by atoms with van der Waals surface area (Å²) in [7, 11) is -3.17. The molecule has 1 rings (SSSR count). The lowest BCUT2D eigenvalue weighted by Crippen LogP contribution is -2.52. The summed E-state index contributed by atoms with van der Waals surface area (Å²) in [6, 6.07) is 2.02. The molecule has 1 heterocycles. The number of sulfonamides is 1. The van der Waals surface area contributed by atoms with Crippen molar-refractivity contribution in [1.82, 2.24) is 14.1 Å². The fourth-order valence-corrected chi connectivity index (χ4v) is 2.77. The van der Waals surface area contributed by atoms with E-state index in [1.165, 1.54) is 10.6 Å². The Morgan fingerprint density at radius 1 is 1.32 bits per heavy atom. The molecule has 1 saturated heterocycles. The second-order valence-corrected chi connectivity index (χ2v) is 6.49. The molecule has 0 spiro atoms. The van der Waals surface area contributed by atoms with Gasteiger partial charge in [-0.3, -0.25) is 9.69 Å². The van der Waals surface area contributed by atoms with Crippen molar-refractivity contribution >= 4 is 15.9 Å². The maximum atomic E-state index is 12.0. The van der Waals surface area contributed by atoms with Gasteiger partial charge >= 0.3 is 0 Å². The molecule has 0 radical (unpaired) electrons. The van der Waals surface area contributed by atoms with Gasteiger partial charge in [-0.25, -0.2) is 8.42 Å². The molecule has 0 atom stereocenters. The number of carbonyl (C=O) groups excluding carboxylic acids is 1. The zero-order valence-corrected chi connectivity index (χ0v) is 12.2. The van der Waals surface area contributed by atoms with E-state index < -0.39 is 10.0 Å². The Kier molecular flexibility index (Phi) is 5.72. The first-order valence-corrected chi connectivity index (χ1v) is 8.05. The van der Waals surface area contributed by atoms with Crippen LogP contribution in [0.15, 0.2) is 0 Å². The molecule has 1 aliphatic heterocycles. The van der Waals surface area contributed by atoms with E-state index >= 15 is 0 Å². The number of piperazine rings is 1. The van der Waals surface area contributed by atoms with E-state index in [1.54, 1.807) is 9.80 Å². The van der Waals surface area contributed by atoms with E-state index in [0.29, 0.717) is 32.7 Å². The highest BCUT2D eigenvalue weighted by Gasteiger charge is 2.26. The molecule has 1 fully saturated rings. The Labute approximate surface area is 114 Å². The fraction of sp³-hybridized carbons (Fsp3) is 0.818. The lowest BCUT2D eigenvalue weighted by Gasteiger charge is -2.34. The standard InChI is InChI=1S/C11H20N4O3S/c1-3-13(5-4-12)10-11(16)14-6-8-15(9-7-14)19(2,17)18/h3,5-10H2,1-2H3. The van der Waals surface area contributed by atoms with E-state index in [4.69, 9.17) is 5.26 Å². The first-order valence-electron chi connectivity index (χ1n) is 6.20. The summed E-state index contributed by atoms with van der Waals surface area (Å²) in [5.74, 6) is -0.0507. The highest BCUT2D eigenvalue weighted by molar-refractivity contribution is 7.88. The largest absolute Gasteiger partial charge is 0.339 e. The summed E-state index contributed by atoms with van der Waals surface area (Å²) in [6.45, 7) is 4.49. The number of nitriles is 1. The van der Waals surface area contributed by atoms with Gasteiger partial charge in [-0.05, 0) is 6.54 Å². The summed E-state index contributed by atoms with van der Waals surface area (Å²) in [4.78, 5) is 15.4. The van der Waals surface area contributed by atoms with Crippen molar-refractivity contribution in [2.75, 3.05) is 52.1 Å². The molecule has 1 aliphatic rings. The molecule has 108 valence electrons. The second kappa shape index (κ2) is 6.84. The molecule has 0 unspecified atom stereocenters. The Hall–Kier alpha value is -1.17. The molecule has 1 amide bonds. The van der Waals surface area contributed by atoms with Crippen molar-refractivity contribution in [3.05, 3.63) is 0 Å². The monoisotopic (exact) mass is 288 g/mol. The molecule has 7 nitrogen and oxygen atoms in total. The molecule has 0 aromatic heterocycles. The third-order valence-corrected chi connectivity index (χ3v) is 4.46. The topological polar surface area (TPSA) is 84.7 Å². The molecule has 0 aromatic carbocycles. The number of hydrogen-bond donors (Lipinski definition) is 0. The van der Waals surface area contributed by atoms with Crippen LogP contribution in [0.5, 0.6) is 0 Å². The predicted octanol–water partition coefficient (Wildman–Crippen LogP) is -1.06. The third-order valence-electron chi connectivity index (χ3n) is 3.16. The number of amides is 1. The van der Waals surface area contributed by atoms with Crippen molar-refractivity contribution in [3.8, 4) is 6.07 Å². The minimum absolute atomic E-state index is 0.0507. The van der Waals surface area contributed by atoms with E-state index in [2.05, 4.69) is 0 Å². The van der Waals surface area contributed by atoms with Gasteiger partial charge in [0.15, 0.2) is 0 Å². The van der Waals surface area contributed by atoms with Crippen molar-refractivity contribution < 1.29 is 13.2 Å². The molecule has 0 aliphatic carbocycles. The van der Waals surface area contributed by atoms with Crippen LogP contribution in [0.2, 0.25) is 0 Å². The van der Waals surface area contributed by atoms with Crippen LogP contribution in [0, 0.1) is 11.3 Å². The summed E-state index contributed by atoms with van der Waals surface area (Å²) in [6.07, 6.45) is 1.18. The maximum Gasteiger partial charge on any atom is 0.236 e. The lowest BCUT2D eigenvalue weighted by molar-refractivity contribution is -0.133. The summed E-state index contributed by atoms with van der Waals surface area (Å²) in [5.41, 5.74) is 0. The van der Waals surface area contributed by atoms with Crippen molar-refractivity contribution in [2.24, 2.45) is 0 Å². The van der Waals surface area contributed by atoms with Gasteiger partial charge in [0.1, 0.15) is 0 Å². The number of carbonyl (C=O) groups is 1. The van der Waals surface area contributed by atoms with Crippen LogP contribution in [0.3, 0.4) is 0 Å². The Morgan fingerprint density at radius 2 is 1.89 bits per heavy atom. The van der Waals surface area contributed by atoms with Crippen molar-refractivity contribution in [1.29, 1.82) is 5.26 Å². The quantitative estimate of drug-likeness (QED) is 0.602. The summed E-state index contributed by atoms with van der Waals surface area (Å²) >= 11 is 0. The molecular formula is C11H20N4O3S. The van der Waals surface area contributed by atoms with Crippen LogP contribution >= 0.6 is 0 Å². The molecule has 19 heavy (non-hydrogen) atoms. The van der Waals surface area contributed by atoms with E-state index in [0.717, 1.165) is 0 Å². The van der Waals surface area contributed by atoms with Crippen LogP contribution in [0.25, 0.3) is 0 Å². The number of likely N-dealkylation sites (N-methyl/N-ethyl adjacent to an activating group) is 1. The SMILES string of the molecule is CCN(CC#N)CC(=O)N1CCN(S(C)(=O)=O)CC1. The third kappa shape index (κ3) is 4.78. The lowest BCUT2D eigenvalue weighted by atomic mass is 10.3. The zero-order chi connectivity index (χ0) is 14.5. The minimum atomic E-state index is -3.17. The van der Waals surface area contributed by atoms with Crippen LogP contribution in [0.1, 0.15) is 6.92 Å². The smallest absolute Gasteiger partial charge is 0.236 e. The van der Waals surface area contributed by atoms with Gasteiger partial charge in [0.25, 0.3) is 0 Å². The Morgan fingerprint density at radius 3 is 2.32 bits per heavy atom. The van der Waals surface area contributed by atoms with Crippen molar-refractivity contribution in [3.63, 3.8) is 0 Å². The van der Waals surface area contributed by atoms with Gasteiger partial charge < -0.3 is 4.90 Å². The van der Waals surface area contributed by atoms with E-state index in [9.17, 15) is 13.2 Å². The predicted molar refractivity (Wildman–Crippen MR) is 70.7 cm³/mol. The second-order valence-electron chi connectivity index (χ2n) is 4.50. The van der Waals surface area contributed by atoms with Gasteiger partial charge in [0.2, 0.25) is 15.9 Å². The average molecular weight is 288 g/mol. The van der Waals surface area contributed by atoms with Gasteiger partial charge in [0, 0.05) is 26.2 Å². The van der Waals surface area contributed by atoms with Gasteiger partial charge in [-0.15, -0.1) is 0 Å². The van der Waals surface area contributed by atoms with E-state index in [-0.39, 0.29) is 19.0 Å². The first kappa shape index (κ1) is 15.9. The molecule has 0 N–H and O–H groups in total. The van der Waals surface area contributed by atoms with Crippen LogP contribution in [-0.4, -0.2) is 80.5 Å². The van der Waals surface area contributed by atoms with Gasteiger partial charge in [-0.1, -0.05) is 6.92 Å². The average Bonchev–Trinajstić information content (AvgIpc) is 2.37. The van der Waals surface area contributed by atoms with Gasteiger partial charge in [0.05, 0.1) is 25.4 Å². The Bertz CT molecular complexity index is 449. The molecular weight excluding hydrogens is 268 g/mol. The van der Waals surface area contributed by atoms with Crippen molar-refractivity contribution in [2.45, 2.75) is 6.92 Å². The number of hydrogen-bond acceptors (Lipinski definition) is 5. The minimum Gasteiger partial charge on any atom is -0.339 e. The molecule has 0 bridgehead atoms. The van der Waals surface area contributed by atoms with Gasteiger partial charge in [-0.2, -0.15) is 9.57 Å². The maximum absolute atomic E-state index is 12.0. The summed E-state index contributed by atoms with van der Waals surface area (Å²) in [5, 5.41) is 8.63. The van der Waals surface area contributed by atoms with Crippen LogP contribution in [-0.2, 0) is 14.8 Å². The van der Waals surface area contributed by atoms with Crippen LogP contribution < -0.4 is 0 Å². The molecule has 0 saturated carbocycles.